The standard InChI is InChI=1S/C23H22N2OS/c1-14-12-21(26)25-19-10-7-16-13-17(8-9-18(16)22(14)19)27-20-6-2-4-15-5-3-11-24-23(15)20/h2-6,8-9,11,13-14,19,22H,7,10,12H2,1H3,(H,25,26). The number of aryl methyl sites for hydroxylation is 1. The summed E-state index contributed by atoms with van der Waals surface area (Å²) in [5, 5.41) is 4.39. The Morgan fingerprint density at radius 3 is 2.96 bits per heavy atom. The number of hydrogen-bond donors (Lipinski definition) is 1. The van der Waals surface area contributed by atoms with Crippen LogP contribution in [0, 0.1) is 5.92 Å². The summed E-state index contributed by atoms with van der Waals surface area (Å²) in [7, 11) is 0. The molecule has 1 saturated heterocycles. The molecule has 1 N–H and O–H groups in total. The van der Waals surface area contributed by atoms with Gasteiger partial charge in [-0.25, -0.2) is 0 Å². The molecular weight excluding hydrogens is 352 g/mol. The summed E-state index contributed by atoms with van der Waals surface area (Å²) < 4.78 is 0. The van der Waals surface area contributed by atoms with E-state index in [1.165, 1.54) is 26.3 Å². The lowest BCUT2D eigenvalue weighted by Crippen LogP contribution is -2.49. The minimum atomic E-state index is 0.211. The number of aromatic nitrogens is 1. The van der Waals surface area contributed by atoms with Gasteiger partial charge in [0.25, 0.3) is 0 Å². The average molecular weight is 375 g/mol. The fourth-order valence-electron chi connectivity index (χ4n) is 4.73. The van der Waals surface area contributed by atoms with Gasteiger partial charge in [-0.2, -0.15) is 0 Å². The van der Waals surface area contributed by atoms with Gasteiger partial charge in [0.05, 0.1) is 5.52 Å². The summed E-state index contributed by atoms with van der Waals surface area (Å²) in [6.07, 6.45) is 4.57. The zero-order valence-corrected chi connectivity index (χ0v) is 16.1. The van der Waals surface area contributed by atoms with Gasteiger partial charge in [0.1, 0.15) is 0 Å². The molecule has 1 aromatic heterocycles. The molecule has 2 heterocycles. The van der Waals surface area contributed by atoms with Crippen molar-refractivity contribution < 1.29 is 4.79 Å². The van der Waals surface area contributed by atoms with Gasteiger partial charge in [-0.05, 0) is 54.2 Å². The molecule has 0 saturated carbocycles. The van der Waals surface area contributed by atoms with Crippen molar-refractivity contribution in [3.8, 4) is 0 Å². The van der Waals surface area contributed by atoms with Crippen molar-refractivity contribution in [3.05, 3.63) is 65.9 Å². The Bertz CT molecular complexity index is 1030. The van der Waals surface area contributed by atoms with E-state index < -0.39 is 0 Å². The van der Waals surface area contributed by atoms with Crippen molar-refractivity contribution >= 4 is 28.6 Å². The molecule has 0 radical (unpaired) electrons. The third kappa shape index (κ3) is 3.02. The lowest BCUT2D eigenvalue weighted by atomic mass is 9.70. The van der Waals surface area contributed by atoms with E-state index in [4.69, 9.17) is 0 Å². The molecular formula is C23H22N2OS. The van der Waals surface area contributed by atoms with Gasteiger partial charge in [0.2, 0.25) is 5.91 Å². The number of pyridine rings is 1. The van der Waals surface area contributed by atoms with Crippen LogP contribution in [0.5, 0.6) is 0 Å². The molecule has 2 aromatic carbocycles. The molecule has 0 spiro atoms. The Morgan fingerprint density at radius 2 is 2.04 bits per heavy atom. The van der Waals surface area contributed by atoms with Crippen LogP contribution in [0.25, 0.3) is 10.9 Å². The number of hydrogen-bond acceptors (Lipinski definition) is 3. The molecule has 1 fully saturated rings. The second-order valence-electron chi connectivity index (χ2n) is 7.71. The highest BCUT2D eigenvalue weighted by Crippen LogP contribution is 2.42. The summed E-state index contributed by atoms with van der Waals surface area (Å²) in [4.78, 5) is 18.9. The normalized spacial score (nSPS) is 24.2. The number of amides is 1. The fraction of sp³-hybridized carbons (Fsp3) is 0.304. The minimum absolute atomic E-state index is 0.211. The fourth-order valence-corrected chi connectivity index (χ4v) is 5.74. The van der Waals surface area contributed by atoms with Gasteiger partial charge in [0, 0.05) is 39.8 Å². The van der Waals surface area contributed by atoms with Crippen LogP contribution in [0.2, 0.25) is 0 Å². The Balaban J connectivity index is 1.47. The van der Waals surface area contributed by atoms with Gasteiger partial charge in [-0.1, -0.05) is 43.0 Å². The van der Waals surface area contributed by atoms with E-state index in [0.29, 0.717) is 24.3 Å². The van der Waals surface area contributed by atoms with E-state index in [9.17, 15) is 4.79 Å². The molecule has 1 amide bonds. The van der Waals surface area contributed by atoms with E-state index in [0.717, 1.165) is 18.4 Å². The first kappa shape index (κ1) is 16.8. The maximum Gasteiger partial charge on any atom is 0.220 e. The van der Waals surface area contributed by atoms with Gasteiger partial charge < -0.3 is 5.32 Å². The zero-order valence-electron chi connectivity index (χ0n) is 15.3. The predicted octanol–water partition coefficient (Wildman–Crippen LogP) is 4.94. The lowest BCUT2D eigenvalue weighted by molar-refractivity contribution is -0.125. The quantitative estimate of drug-likeness (QED) is 0.691. The molecule has 3 aromatic rings. The first-order valence-electron chi connectivity index (χ1n) is 9.63. The molecule has 27 heavy (non-hydrogen) atoms. The predicted molar refractivity (Wildman–Crippen MR) is 109 cm³/mol. The van der Waals surface area contributed by atoms with Crippen molar-refractivity contribution in [1.29, 1.82) is 0 Å². The van der Waals surface area contributed by atoms with Crippen molar-refractivity contribution in [2.75, 3.05) is 0 Å². The number of fused-ring (bicyclic) bond motifs is 4. The maximum absolute atomic E-state index is 11.9. The smallest absolute Gasteiger partial charge is 0.220 e. The topological polar surface area (TPSA) is 42.0 Å². The highest BCUT2D eigenvalue weighted by atomic mass is 32.2. The number of carbonyl (C=O) groups is 1. The summed E-state index contributed by atoms with van der Waals surface area (Å²) in [6, 6.07) is 17.6. The number of benzene rings is 2. The summed E-state index contributed by atoms with van der Waals surface area (Å²) in [5.41, 5.74) is 3.93. The van der Waals surface area contributed by atoms with Crippen molar-refractivity contribution in [2.24, 2.45) is 5.92 Å². The van der Waals surface area contributed by atoms with Gasteiger partial charge in [0.15, 0.2) is 0 Å². The number of carbonyl (C=O) groups excluding carboxylic acids is 1. The maximum atomic E-state index is 11.9. The number of nitrogens with zero attached hydrogens (tertiary/aromatic N) is 1. The molecule has 1 aliphatic heterocycles. The Kier molecular flexibility index (Phi) is 4.16. The summed E-state index contributed by atoms with van der Waals surface area (Å²) in [5.74, 6) is 1.07. The molecule has 0 bridgehead atoms. The van der Waals surface area contributed by atoms with E-state index in [1.54, 1.807) is 11.8 Å². The molecule has 136 valence electrons. The third-order valence-electron chi connectivity index (χ3n) is 5.92. The van der Waals surface area contributed by atoms with E-state index >= 15 is 0 Å². The molecule has 4 heteroatoms. The van der Waals surface area contributed by atoms with Gasteiger partial charge in [-0.3, -0.25) is 9.78 Å². The summed E-state index contributed by atoms with van der Waals surface area (Å²) in [6.45, 7) is 2.22. The van der Waals surface area contributed by atoms with Crippen LogP contribution in [0.1, 0.15) is 36.8 Å². The number of piperidine rings is 1. The van der Waals surface area contributed by atoms with Crippen molar-refractivity contribution in [2.45, 2.75) is 47.9 Å². The Morgan fingerprint density at radius 1 is 1.15 bits per heavy atom. The Labute approximate surface area is 163 Å². The number of nitrogens with one attached hydrogen (secondary N) is 1. The van der Waals surface area contributed by atoms with Crippen LogP contribution in [0.4, 0.5) is 0 Å². The largest absolute Gasteiger partial charge is 0.353 e. The first-order chi connectivity index (χ1) is 13.2. The van der Waals surface area contributed by atoms with E-state index in [-0.39, 0.29) is 5.91 Å². The second-order valence-corrected chi connectivity index (χ2v) is 8.83. The second kappa shape index (κ2) is 6.68. The van der Waals surface area contributed by atoms with E-state index in [1.807, 2.05) is 12.3 Å². The van der Waals surface area contributed by atoms with Crippen LogP contribution in [0.3, 0.4) is 0 Å². The molecule has 1 aliphatic carbocycles. The molecule has 3 nitrogen and oxygen atoms in total. The van der Waals surface area contributed by atoms with Crippen LogP contribution >= 0.6 is 11.8 Å². The Hall–Kier alpha value is -2.33. The number of rotatable bonds is 2. The van der Waals surface area contributed by atoms with Gasteiger partial charge >= 0.3 is 0 Å². The van der Waals surface area contributed by atoms with Crippen molar-refractivity contribution in [1.82, 2.24) is 10.3 Å². The third-order valence-corrected chi connectivity index (χ3v) is 6.96. The van der Waals surface area contributed by atoms with Crippen molar-refractivity contribution in [3.63, 3.8) is 0 Å². The SMILES string of the molecule is CC1CC(=O)NC2CCc3cc(Sc4cccc5cccnc45)ccc3C12. The van der Waals surface area contributed by atoms with Crippen LogP contribution in [-0.2, 0) is 11.2 Å². The highest BCUT2D eigenvalue weighted by molar-refractivity contribution is 7.99. The zero-order chi connectivity index (χ0) is 18.4. The first-order valence-corrected chi connectivity index (χ1v) is 10.4. The van der Waals surface area contributed by atoms with Crippen LogP contribution < -0.4 is 5.32 Å². The van der Waals surface area contributed by atoms with E-state index in [2.05, 4.69) is 59.7 Å². The molecule has 2 aliphatic rings. The highest BCUT2D eigenvalue weighted by Gasteiger charge is 2.38. The summed E-state index contributed by atoms with van der Waals surface area (Å²) >= 11 is 1.79. The monoisotopic (exact) mass is 374 g/mol. The molecule has 3 unspecified atom stereocenters. The van der Waals surface area contributed by atoms with Crippen LogP contribution in [0.15, 0.2) is 64.5 Å². The molecule has 5 rings (SSSR count). The average Bonchev–Trinajstić information content (AvgIpc) is 2.67. The van der Waals surface area contributed by atoms with Gasteiger partial charge in [-0.15, -0.1) is 0 Å². The van der Waals surface area contributed by atoms with Crippen LogP contribution in [-0.4, -0.2) is 16.9 Å². The molecule has 3 atom stereocenters. The number of para-hydroxylation sites is 1. The minimum Gasteiger partial charge on any atom is -0.353 e. The lowest BCUT2D eigenvalue weighted by Gasteiger charge is -2.41.